The summed E-state index contributed by atoms with van der Waals surface area (Å²) in [6, 6.07) is 24.1. The van der Waals surface area contributed by atoms with Crippen LogP contribution in [0.15, 0.2) is 83.7 Å². The number of fused-ring (bicyclic) bond motifs is 1. The first kappa shape index (κ1) is 31.7. The predicted molar refractivity (Wildman–Crippen MR) is 166 cm³/mol. The number of carbonyl (C=O) groups is 2. The van der Waals surface area contributed by atoms with Crippen molar-refractivity contribution < 1.29 is 14.3 Å². The molecule has 5 rings (SSSR count). The van der Waals surface area contributed by atoms with Crippen LogP contribution in [-0.4, -0.2) is 60.5 Å². The van der Waals surface area contributed by atoms with E-state index in [1.807, 2.05) is 59.5 Å². The lowest BCUT2D eigenvalue weighted by molar-refractivity contribution is 0.0523. The third kappa shape index (κ3) is 6.90. The SMILES string of the molecule is CCOC(=O)c1c(N2CCN(C(=O)c3ccc(Cl)cc3)CC2)c2ccccc2n(Cc2ccccc2)c1=O.CCl.N. The second-order valence-corrected chi connectivity index (χ2v) is 9.56. The molecule has 216 valence electrons. The van der Waals surface area contributed by atoms with E-state index in [1.54, 1.807) is 40.7 Å². The predicted octanol–water partition coefficient (Wildman–Crippen LogP) is 5.86. The summed E-state index contributed by atoms with van der Waals surface area (Å²) in [5.74, 6) is -0.713. The molecule has 1 aliphatic heterocycles. The minimum Gasteiger partial charge on any atom is -0.462 e. The Labute approximate surface area is 249 Å². The molecule has 1 aromatic heterocycles. The number of hydrogen-bond acceptors (Lipinski definition) is 6. The molecule has 10 heteroatoms. The van der Waals surface area contributed by atoms with Gasteiger partial charge < -0.3 is 25.3 Å². The Balaban J connectivity index is 0.00000151. The number of rotatable bonds is 6. The largest absolute Gasteiger partial charge is 0.462 e. The molecule has 0 aliphatic carbocycles. The molecule has 1 aliphatic rings. The Kier molecular flexibility index (Phi) is 11.3. The van der Waals surface area contributed by atoms with Gasteiger partial charge in [0.15, 0.2) is 0 Å². The Hall–Kier alpha value is -3.85. The highest BCUT2D eigenvalue weighted by Gasteiger charge is 2.30. The quantitative estimate of drug-likeness (QED) is 0.221. The minimum atomic E-state index is -0.639. The van der Waals surface area contributed by atoms with Gasteiger partial charge in [0.1, 0.15) is 5.56 Å². The van der Waals surface area contributed by atoms with Crippen LogP contribution in [-0.2, 0) is 11.3 Å². The molecule has 0 unspecified atom stereocenters. The van der Waals surface area contributed by atoms with E-state index in [4.69, 9.17) is 16.3 Å². The maximum absolute atomic E-state index is 13.9. The first-order valence-electron chi connectivity index (χ1n) is 13.0. The molecule has 4 aromatic rings. The number of aromatic nitrogens is 1. The standard InChI is InChI=1S/C30H28ClN3O4.CH3Cl.H3N/c1-2-38-30(37)26-27(32-16-18-33(19-17-32)28(35)22-12-14-23(31)15-13-22)24-10-6-7-11-25(24)34(29(26)36)20-21-8-4-3-5-9-21;1-2;/h3-15H,2,16-20H2,1H3;1H3;1H3. The van der Waals surface area contributed by atoms with E-state index in [2.05, 4.69) is 11.6 Å². The van der Waals surface area contributed by atoms with Crippen LogP contribution in [0, 0.1) is 0 Å². The number of benzene rings is 3. The van der Waals surface area contributed by atoms with Crippen LogP contribution >= 0.6 is 23.2 Å². The van der Waals surface area contributed by atoms with Crippen molar-refractivity contribution >= 4 is 51.7 Å². The molecule has 0 spiro atoms. The van der Waals surface area contributed by atoms with E-state index in [9.17, 15) is 14.4 Å². The molecular weight excluding hydrogens is 563 g/mol. The van der Waals surface area contributed by atoms with Gasteiger partial charge in [-0.2, -0.15) is 0 Å². The van der Waals surface area contributed by atoms with Crippen LogP contribution in [0.25, 0.3) is 10.9 Å². The van der Waals surface area contributed by atoms with Crippen LogP contribution in [0.2, 0.25) is 5.02 Å². The van der Waals surface area contributed by atoms with Gasteiger partial charge in [0.05, 0.1) is 24.4 Å². The third-order valence-corrected chi connectivity index (χ3v) is 7.04. The zero-order valence-electron chi connectivity index (χ0n) is 23.2. The number of carbonyl (C=O) groups excluding carboxylic acids is 2. The number of esters is 1. The minimum absolute atomic E-state index is 0. The lowest BCUT2D eigenvalue weighted by Crippen LogP contribution is -2.49. The third-order valence-electron chi connectivity index (χ3n) is 6.78. The summed E-state index contributed by atoms with van der Waals surface area (Å²) >= 11 is 10.6. The number of ether oxygens (including phenoxy) is 1. The maximum Gasteiger partial charge on any atom is 0.345 e. The molecule has 0 bridgehead atoms. The summed E-state index contributed by atoms with van der Waals surface area (Å²) in [6.07, 6.45) is 1.47. The van der Waals surface area contributed by atoms with Crippen LogP contribution in [0.5, 0.6) is 0 Å². The molecular formula is C31H34Cl2N4O4. The van der Waals surface area contributed by atoms with Gasteiger partial charge in [0.25, 0.3) is 11.5 Å². The average molecular weight is 598 g/mol. The summed E-state index contributed by atoms with van der Waals surface area (Å²) < 4.78 is 7.01. The zero-order chi connectivity index (χ0) is 28.6. The first-order valence-corrected chi connectivity index (χ1v) is 14.2. The van der Waals surface area contributed by atoms with Crippen molar-refractivity contribution in [3.63, 3.8) is 0 Å². The van der Waals surface area contributed by atoms with E-state index in [-0.39, 0.29) is 29.8 Å². The lowest BCUT2D eigenvalue weighted by Gasteiger charge is -2.37. The fourth-order valence-electron chi connectivity index (χ4n) is 4.94. The number of alkyl halides is 1. The first-order chi connectivity index (χ1) is 19.5. The second kappa shape index (κ2) is 14.7. The molecule has 1 fully saturated rings. The van der Waals surface area contributed by atoms with E-state index in [0.29, 0.717) is 49.0 Å². The number of piperazine rings is 1. The van der Waals surface area contributed by atoms with Crippen molar-refractivity contribution in [1.29, 1.82) is 0 Å². The number of pyridine rings is 1. The monoisotopic (exact) mass is 596 g/mol. The molecule has 0 radical (unpaired) electrons. The Bertz CT molecular complexity index is 1530. The van der Waals surface area contributed by atoms with E-state index in [0.717, 1.165) is 16.5 Å². The van der Waals surface area contributed by atoms with Gasteiger partial charge in [0, 0.05) is 48.5 Å². The molecule has 0 saturated carbocycles. The molecule has 3 N–H and O–H groups in total. The average Bonchev–Trinajstić information content (AvgIpc) is 3.00. The van der Waals surface area contributed by atoms with E-state index in [1.165, 1.54) is 6.38 Å². The fraction of sp³-hybridized carbons (Fsp3) is 0.258. The molecule has 1 saturated heterocycles. The summed E-state index contributed by atoms with van der Waals surface area (Å²) in [4.78, 5) is 44.0. The zero-order valence-corrected chi connectivity index (χ0v) is 24.7. The Morgan fingerprint density at radius 1 is 0.854 bits per heavy atom. The lowest BCUT2D eigenvalue weighted by atomic mass is 10.0. The van der Waals surface area contributed by atoms with E-state index < -0.39 is 5.97 Å². The van der Waals surface area contributed by atoms with Gasteiger partial charge in [-0.3, -0.25) is 9.59 Å². The highest BCUT2D eigenvalue weighted by Crippen LogP contribution is 2.31. The van der Waals surface area contributed by atoms with Crippen LogP contribution in [0.3, 0.4) is 0 Å². The maximum atomic E-state index is 13.9. The number of para-hydroxylation sites is 1. The number of nitrogens with zero attached hydrogens (tertiary/aromatic N) is 3. The number of amides is 1. The fourth-order valence-corrected chi connectivity index (χ4v) is 5.06. The molecule has 41 heavy (non-hydrogen) atoms. The Morgan fingerprint density at radius 3 is 2.10 bits per heavy atom. The number of anilines is 1. The summed E-state index contributed by atoms with van der Waals surface area (Å²) in [5.41, 5.74) is 2.47. The molecule has 0 atom stereocenters. The summed E-state index contributed by atoms with van der Waals surface area (Å²) in [7, 11) is 0. The van der Waals surface area contributed by atoms with Gasteiger partial charge in [-0.25, -0.2) is 4.79 Å². The summed E-state index contributed by atoms with van der Waals surface area (Å²) in [6.45, 7) is 4.05. The highest BCUT2D eigenvalue weighted by molar-refractivity contribution is 6.30. The van der Waals surface area contributed by atoms with Crippen molar-refractivity contribution in [2.24, 2.45) is 0 Å². The van der Waals surface area contributed by atoms with Gasteiger partial charge >= 0.3 is 5.97 Å². The van der Waals surface area contributed by atoms with Gasteiger partial charge in [-0.1, -0.05) is 60.1 Å². The van der Waals surface area contributed by atoms with Crippen LogP contribution < -0.4 is 16.6 Å². The van der Waals surface area contributed by atoms with Crippen molar-refractivity contribution in [3.8, 4) is 0 Å². The van der Waals surface area contributed by atoms with Crippen LogP contribution in [0.4, 0.5) is 5.69 Å². The van der Waals surface area contributed by atoms with Gasteiger partial charge in [-0.15, -0.1) is 11.6 Å². The van der Waals surface area contributed by atoms with E-state index >= 15 is 0 Å². The normalized spacial score (nSPS) is 12.7. The van der Waals surface area contributed by atoms with Crippen molar-refractivity contribution in [1.82, 2.24) is 15.6 Å². The number of hydrogen-bond donors (Lipinski definition) is 1. The van der Waals surface area contributed by atoms with Crippen molar-refractivity contribution in [2.45, 2.75) is 13.5 Å². The van der Waals surface area contributed by atoms with Gasteiger partial charge in [-0.05, 0) is 42.8 Å². The second-order valence-electron chi connectivity index (χ2n) is 9.12. The molecule has 1 amide bonds. The topological polar surface area (TPSA) is 107 Å². The smallest absolute Gasteiger partial charge is 0.345 e. The highest BCUT2D eigenvalue weighted by atomic mass is 35.5. The Morgan fingerprint density at radius 2 is 1.46 bits per heavy atom. The molecule has 2 heterocycles. The van der Waals surface area contributed by atoms with Crippen LogP contribution in [0.1, 0.15) is 33.2 Å². The van der Waals surface area contributed by atoms with Crippen molar-refractivity contribution in [3.05, 3.63) is 111 Å². The number of halogens is 2. The molecule has 3 aromatic carbocycles. The van der Waals surface area contributed by atoms with Gasteiger partial charge in [0.2, 0.25) is 0 Å². The van der Waals surface area contributed by atoms with Crippen molar-refractivity contribution in [2.75, 3.05) is 44.1 Å². The summed E-state index contributed by atoms with van der Waals surface area (Å²) in [5, 5.41) is 1.37. The molecule has 8 nitrogen and oxygen atoms in total.